The number of halogens is 3. The van der Waals surface area contributed by atoms with Crippen LogP contribution in [0.15, 0.2) is 23.2 Å². The lowest BCUT2D eigenvalue weighted by atomic mass is 10.1. The van der Waals surface area contributed by atoms with Crippen LogP contribution < -0.4 is 10.6 Å². The van der Waals surface area contributed by atoms with Crippen LogP contribution in [-0.2, 0) is 6.54 Å². The Labute approximate surface area is 157 Å². The van der Waals surface area contributed by atoms with Crippen LogP contribution in [0.5, 0.6) is 0 Å². The fraction of sp³-hybridized carbons (Fsp3) is 0.533. The van der Waals surface area contributed by atoms with E-state index in [-0.39, 0.29) is 33.7 Å². The molecule has 0 bridgehead atoms. The van der Waals surface area contributed by atoms with Gasteiger partial charge in [-0.15, -0.1) is 24.0 Å². The fourth-order valence-corrected chi connectivity index (χ4v) is 3.75. The van der Waals surface area contributed by atoms with Crippen molar-refractivity contribution in [3.63, 3.8) is 0 Å². The Kier molecular flexibility index (Phi) is 8.27. The lowest BCUT2D eigenvalue weighted by molar-refractivity contribution is 0.584. The molecule has 1 aromatic carbocycles. The molecule has 0 aromatic heterocycles. The van der Waals surface area contributed by atoms with E-state index >= 15 is 0 Å². The Morgan fingerprint density at radius 3 is 2.82 bits per heavy atom. The zero-order valence-corrected chi connectivity index (χ0v) is 16.7. The molecule has 7 heteroatoms. The molecule has 124 valence electrons. The highest BCUT2D eigenvalue weighted by molar-refractivity contribution is 14.0. The highest BCUT2D eigenvalue weighted by Crippen LogP contribution is 2.36. The minimum Gasteiger partial charge on any atom is -0.355 e. The molecular formula is C15H22ClFIN3S. The van der Waals surface area contributed by atoms with E-state index in [1.54, 1.807) is 19.2 Å². The topological polar surface area (TPSA) is 36.4 Å². The largest absolute Gasteiger partial charge is 0.355 e. The van der Waals surface area contributed by atoms with E-state index in [1.807, 2.05) is 11.8 Å². The van der Waals surface area contributed by atoms with Crippen molar-refractivity contribution in [1.82, 2.24) is 10.6 Å². The van der Waals surface area contributed by atoms with Crippen molar-refractivity contribution < 1.29 is 4.39 Å². The molecule has 22 heavy (non-hydrogen) atoms. The number of hydrogen-bond acceptors (Lipinski definition) is 2. The molecule has 1 unspecified atom stereocenters. The highest BCUT2D eigenvalue weighted by atomic mass is 127. The molecule has 1 atom stereocenters. The van der Waals surface area contributed by atoms with Crippen LogP contribution >= 0.6 is 47.3 Å². The van der Waals surface area contributed by atoms with Gasteiger partial charge in [0.2, 0.25) is 0 Å². The van der Waals surface area contributed by atoms with Crippen molar-refractivity contribution in [2.45, 2.75) is 31.1 Å². The molecule has 0 radical (unpaired) electrons. The Balaban J connectivity index is 0.00000242. The number of hydrogen-bond donors (Lipinski definition) is 2. The summed E-state index contributed by atoms with van der Waals surface area (Å²) in [5, 5.41) is 6.73. The van der Waals surface area contributed by atoms with Gasteiger partial charge in [0.1, 0.15) is 5.82 Å². The number of rotatable bonds is 4. The van der Waals surface area contributed by atoms with Crippen LogP contribution in [0.2, 0.25) is 5.02 Å². The van der Waals surface area contributed by atoms with Crippen LogP contribution in [0.25, 0.3) is 0 Å². The summed E-state index contributed by atoms with van der Waals surface area (Å²) in [7, 11) is 1.75. The first kappa shape index (κ1) is 19.8. The average molecular weight is 458 g/mol. The van der Waals surface area contributed by atoms with Gasteiger partial charge in [0.15, 0.2) is 5.96 Å². The summed E-state index contributed by atoms with van der Waals surface area (Å²) in [5.74, 6) is 1.59. The highest BCUT2D eigenvalue weighted by Gasteiger charge is 2.29. The lowest BCUT2D eigenvalue weighted by Gasteiger charge is -2.24. The molecule has 3 nitrogen and oxygen atoms in total. The maximum absolute atomic E-state index is 13.1. The second-order valence-electron chi connectivity index (χ2n) is 5.43. The number of nitrogens with one attached hydrogen (secondary N) is 2. The fourth-order valence-electron chi connectivity index (χ4n) is 2.30. The van der Waals surface area contributed by atoms with E-state index in [0.717, 1.165) is 18.1 Å². The van der Waals surface area contributed by atoms with E-state index in [9.17, 15) is 4.39 Å². The van der Waals surface area contributed by atoms with Crippen LogP contribution in [0, 0.1) is 5.82 Å². The SMILES string of the molecule is CN=C(NCc1ccc(F)c(Cl)c1)NCC1(C)CCCS1.I. The summed E-state index contributed by atoms with van der Waals surface area (Å²) in [5.41, 5.74) is 0.922. The first-order valence-electron chi connectivity index (χ1n) is 7.05. The van der Waals surface area contributed by atoms with Crippen LogP contribution in [0.4, 0.5) is 4.39 Å². The second kappa shape index (κ2) is 9.17. The zero-order valence-electron chi connectivity index (χ0n) is 12.8. The number of guanidine groups is 1. The maximum Gasteiger partial charge on any atom is 0.191 e. The van der Waals surface area contributed by atoms with Gasteiger partial charge in [0.05, 0.1) is 5.02 Å². The minimum absolute atomic E-state index is 0. The van der Waals surface area contributed by atoms with Crippen LogP contribution in [0.3, 0.4) is 0 Å². The van der Waals surface area contributed by atoms with Gasteiger partial charge in [0.25, 0.3) is 0 Å². The van der Waals surface area contributed by atoms with Crippen LogP contribution in [0.1, 0.15) is 25.3 Å². The molecule has 1 saturated heterocycles. The average Bonchev–Trinajstić information content (AvgIpc) is 2.90. The third kappa shape index (κ3) is 5.77. The number of thioether (sulfide) groups is 1. The molecule has 0 spiro atoms. The lowest BCUT2D eigenvalue weighted by Crippen LogP contribution is -2.43. The molecule has 0 amide bonds. The van der Waals surface area contributed by atoms with E-state index in [2.05, 4.69) is 22.5 Å². The quantitative estimate of drug-likeness (QED) is 0.407. The summed E-state index contributed by atoms with van der Waals surface area (Å²) in [6.07, 6.45) is 2.51. The molecule has 0 saturated carbocycles. The molecule has 1 heterocycles. The monoisotopic (exact) mass is 457 g/mol. The summed E-state index contributed by atoms with van der Waals surface area (Å²) in [6, 6.07) is 4.73. The van der Waals surface area contributed by atoms with E-state index in [0.29, 0.717) is 6.54 Å². The maximum atomic E-state index is 13.1. The van der Waals surface area contributed by atoms with E-state index < -0.39 is 5.82 Å². The van der Waals surface area contributed by atoms with Crippen molar-refractivity contribution in [3.05, 3.63) is 34.6 Å². The zero-order chi connectivity index (χ0) is 15.3. The second-order valence-corrected chi connectivity index (χ2v) is 7.52. The molecule has 1 aliphatic heterocycles. The molecule has 2 N–H and O–H groups in total. The molecular weight excluding hydrogens is 436 g/mol. The van der Waals surface area contributed by atoms with Gasteiger partial charge in [-0.1, -0.05) is 17.7 Å². The smallest absolute Gasteiger partial charge is 0.191 e. The van der Waals surface area contributed by atoms with E-state index in [4.69, 9.17) is 11.6 Å². The Morgan fingerprint density at radius 2 is 2.23 bits per heavy atom. The van der Waals surface area contributed by atoms with Crippen molar-refractivity contribution in [3.8, 4) is 0 Å². The molecule has 1 fully saturated rings. The summed E-state index contributed by atoms with van der Waals surface area (Å²) in [6.45, 7) is 3.73. The third-order valence-electron chi connectivity index (χ3n) is 3.60. The first-order valence-corrected chi connectivity index (χ1v) is 8.41. The molecule has 1 aliphatic rings. The molecule has 2 rings (SSSR count). The third-order valence-corrected chi connectivity index (χ3v) is 5.43. The minimum atomic E-state index is -0.394. The van der Waals surface area contributed by atoms with Gasteiger partial charge >= 0.3 is 0 Å². The predicted molar refractivity (Wildman–Crippen MR) is 105 cm³/mol. The predicted octanol–water partition coefficient (Wildman–Crippen LogP) is 4.05. The van der Waals surface area contributed by atoms with Gasteiger partial charge in [0, 0.05) is 24.9 Å². The Hall–Kier alpha value is -0.210. The van der Waals surface area contributed by atoms with Crippen molar-refractivity contribution in [2.75, 3.05) is 19.3 Å². The normalized spacial score (nSPS) is 21.4. The van der Waals surface area contributed by atoms with Gasteiger partial charge in [-0.25, -0.2) is 4.39 Å². The summed E-state index contributed by atoms with van der Waals surface area (Å²) >= 11 is 7.79. The Bertz CT molecular complexity index is 522. The van der Waals surface area contributed by atoms with Crippen LogP contribution in [-0.4, -0.2) is 30.1 Å². The Morgan fingerprint density at radius 1 is 1.45 bits per heavy atom. The van der Waals surface area contributed by atoms with Gasteiger partial charge in [-0.3, -0.25) is 4.99 Å². The summed E-state index contributed by atoms with van der Waals surface area (Å²) < 4.78 is 13.4. The van der Waals surface area contributed by atoms with Gasteiger partial charge in [-0.2, -0.15) is 11.8 Å². The molecule has 0 aliphatic carbocycles. The van der Waals surface area contributed by atoms with Gasteiger partial charge in [-0.05, 0) is 43.2 Å². The van der Waals surface area contributed by atoms with Gasteiger partial charge < -0.3 is 10.6 Å². The summed E-state index contributed by atoms with van der Waals surface area (Å²) in [4.78, 5) is 4.21. The number of benzene rings is 1. The first-order chi connectivity index (χ1) is 10.0. The van der Waals surface area contributed by atoms with E-state index in [1.165, 1.54) is 24.7 Å². The van der Waals surface area contributed by atoms with Crippen molar-refractivity contribution >= 4 is 53.3 Å². The number of aliphatic imine (C=N–C) groups is 1. The van der Waals surface area contributed by atoms with Crippen molar-refractivity contribution in [1.29, 1.82) is 0 Å². The molecule has 1 aromatic rings. The standard InChI is InChI=1S/C15H21ClFN3S.HI/c1-15(6-3-7-21-15)10-20-14(18-2)19-9-11-4-5-13(17)12(16)8-11;/h4-5,8H,3,6-7,9-10H2,1-2H3,(H2,18,19,20);1H. The number of nitrogens with zero attached hydrogens (tertiary/aromatic N) is 1. The van der Waals surface area contributed by atoms with Crippen molar-refractivity contribution in [2.24, 2.45) is 4.99 Å².